The predicted molar refractivity (Wildman–Crippen MR) is 85.2 cm³/mol. The first kappa shape index (κ1) is 16.8. The van der Waals surface area contributed by atoms with Crippen molar-refractivity contribution in [1.29, 1.82) is 0 Å². The van der Waals surface area contributed by atoms with Gasteiger partial charge in [-0.3, -0.25) is 0 Å². The fourth-order valence-electron chi connectivity index (χ4n) is 1.78. The molecule has 1 rings (SSSR count). The van der Waals surface area contributed by atoms with E-state index in [-0.39, 0.29) is 0 Å². The van der Waals surface area contributed by atoms with Crippen molar-refractivity contribution in [3.8, 4) is 0 Å². The van der Waals surface area contributed by atoms with E-state index < -0.39 is 0 Å². The van der Waals surface area contributed by atoms with Crippen molar-refractivity contribution in [2.75, 3.05) is 20.1 Å². The molecule has 0 aromatic heterocycles. The lowest BCUT2D eigenvalue weighted by atomic mass is 10.2. The first-order valence-electron chi connectivity index (χ1n) is 6.86. The maximum atomic E-state index is 6.13. The summed E-state index contributed by atoms with van der Waals surface area (Å²) in [6.45, 7) is 7.38. The number of halogens is 2. The second-order valence-corrected chi connectivity index (χ2v) is 5.96. The van der Waals surface area contributed by atoms with Gasteiger partial charge in [-0.25, -0.2) is 0 Å². The van der Waals surface area contributed by atoms with Crippen molar-refractivity contribution in [2.24, 2.45) is 0 Å². The van der Waals surface area contributed by atoms with Crippen LogP contribution in [0.3, 0.4) is 0 Å². The standard InChI is InChI=1S/C15H24Cl2N2/c1-12(2)19(3)10-5-4-9-18-11-13-7-6-8-14(16)15(13)17/h6-8,12,18H,4-5,9-11H2,1-3H3. The summed E-state index contributed by atoms with van der Waals surface area (Å²) in [5, 5.41) is 4.70. The summed E-state index contributed by atoms with van der Waals surface area (Å²) in [4.78, 5) is 2.37. The van der Waals surface area contributed by atoms with Crippen LogP contribution in [0.15, 0.2) is 18.2 Å². The van der Waals surface area contributed by atoms with Crippen molar-refractivity contribution in [2.45, 2.75) is 39.3 Å². The number of rotatable bonds is 8. The Labute approximate surface area is 127 Å². The summed E-state index contributed by atoms with van der Waals surface area (Å²) in [7, 11) is 2.17. The van der Waals surface area contributed by atoms with E-state index in [2.05, 4.69) is 31.1 Å². The first-order valence-corrected chi connectivity index (χ1v) is 7.61. The van der Waals surface area contributed by atoms with E-state index in [1.807, 2.05) is 18.2 Å². The molecule has 0 fully saturated rings. The van der Waals surface area contributed by atoms with E-state index >= 15 is 0 Å². The third-order valence-corrected chi connectivity index (χ3v) is 4.20. The highest BCUT2D eigenvalue weighted by molar-refractivity contribution is 6.42. The van der Waals surface area contributed by atoms with E-state index in [1.54, 1.807) is 0 Å². The van der Waals surface area contributed by atoms with Crippen LogP contribution in [-0.2, 0) is 6.54 Å². The highest BCUT2D eigenvalue weighted by Crippen LogP contribution is 2.25. The van der Waals surface area contributed by atoms with Gasteiger partial charge in [0, 0.05) is 12.6 Å². The summed E-state index contributed by atoms with van der Waals surface area (Å²) >= 11 is 12.1. The Morgan fingerprint density at radius 1 is 1.21 bits per heavy atom. The Morgan fingerprint density at radius 3 is 2.63 bits per heavy atom. The Kier molecular flexibility index (Phi) is 7.77. The van der Waals surface area contributed by atoms with Crippen LogP contribution in [0.5, 0.6) is 0 Å². The highest BCUT2D eigenvalue weighted by Gasteiger charge is 2.04. The van der Waals surface area contributed by atoms with Gasteiger partial charge in [-0.2, -0.15) is 0 Å². The zero-order chi connectivity index (χ0) is 14.3. The van der Waals surface area contributed by atoms with Gasteiger partial charge in [-0.1, -0.05) is 35.3 Å². The third kappa shape index (κ3) is 6.13. The first-order chi connectivity index (χ1) is 9.02. The van der Waals surface area contributed by atoms with Crippen LogP contribution in [0, 0.1) is 0 Å². The molecule has 0 aliphatic heterocycles. The number of benzene rings is 1. The molecule has 0 aliphatic rings. The largest absolute Gasteiger partial charge is 0.313 e. The Balaban J connectivity index is 2.16. The van der Waals surface area contributed by atoms with E-state index in [0.29, 0.717) is 16.1 Å². The fraction of sp³-hybridized carbons (Fsp3) is 0.600. The average Bonchev–Trinajstić information content (AvgIpc) is 2.37. The van der Waals surface area contributed by atoms with Gasteiger partial charge in [0.15, 0.2) is 0 Å². The van der Waals surface area contributed by atoms with Gasteiger partial charge >= 0.3 is 0 Å². The normalized spacial score (nSPS) is 11.5. The van der Waals surface area contributed by atoms with Crippen LogP contribution in [-0.4, -0.2) is 31.1 Å². The van der Waals surface area contributed by atoms with Crippen LogP contribution < -0.4 is 5.32 Å². The third-order valence-electron chi connectivity index (χ3n) is 3.34. The maximum Gasteiger partial charge on any atom is 0.0637 e. The minimum atomic E-state index is 0.623. The molecular weight excluding hydrogens is 279 g/mol. The lowest BCUT2D eigenvalue weighted by Gasteiger charge is -2.20. The molecule has 0 aliphatic carbocycles. The minimum Gasteiger partial charge on any atom is -0.313 e. The minimum absolute atomic E-state index is 0.623. The van der Waals surface area contributed by atoms with Crippen LogP contribution in [0.2, 0.25) is 10.0 Å². The Morgan fingerprint density at radius 2 is 1.95 bits per heavy atom. The molecule has 0 saturated heterocycles. The van der Waals surface area contributed by atoms with Crippen molar-refractivity contribution in [3.63, 3.8) is 0 Å². The second-order valence-electron chi connectivity index (χ2n) is 5.17. The molecular formula is C15H24Cl2N2. The van der Waals surface area contributed by atoms with Gasteiger partial charge in [0.25, 0.3) is 0 Å². The van der Waals surface area contributed by atoms with Crippen molar-refractivity contribution < 1.29 is 0 Å². The van der Waals surface area contributed by atoms with E-state index in [0.717, 1.165) is 25.2 Å². The zero-order valence-corrected chi connectivity index (χ0v) is 13.6. The van der Waals surface area contributed by atoms with Crippen LogP contribution in [0.4, 0.5) is 0 Å². The van der Waals surface area contributed by atoms with Gasteiger partial charge in [0.2, 0.25) is 0 Å². The molecule has 0 atom stereocenters. The van der Waals surface area contributed by atoms with Gasteiger partial charge < -0.3 is 10.2 Å². The Hall–Kier alpha value is -0.280. The quantitative estimate of drug-likeness (QED) is 0.724. The molecule has 0 bridgehead atoms. The maximum absolute atomic E-state index is 6.13. The summed E-state index contributed by atoms with van der Waals surface area (Å²) in [6.07, 6.45) is 2.39. The van der Waals surface area contributed by atoms with Crippen molar-refractivity contribution >= 4 is 23.2 Å². The van der Waals surface area contributed by atoms with Gasteiger partial charge in [0.05, 0.1) is 10.0 Å². The topological polar surface area (TPSA) is 15.3 Å². The van der Waals surface area contributed by atoms with Crippen LogP contribution in [0.25, 0.3) is 0 Å². The number of unbranched alkanes of at least 4 members (excludes halogenated alkanes) is 1. The molecule has 4 heteroatoms. The smallest absolute Gasteiger partial charge is 0.0637 e. The van der Waals surface area contributed by atoms with Gasteiger partial charge in [-0.15, -0.1) is 0 Å². The van der Waals surface area contributed by atoms with E-state index in [1.165, 1.54) is 12.8 Å². The Bertz CT molecular complexity index is 380. The average molecular weight is 303 g/mol. The summed E-state index contributed by atoms with van der Waals surface area (Å²) in [6, 6.07) is 6.38. The molecule has 1 N–H and O–H groups in total. The summed E-state index contributed by atoms with van der Waals surface area (Å²) < 4.78 is 0. The predicted octanol–water partition coefficient (Wildman–Crippen LogP) is 4.20. The molecule has 0 saturated carbocycles. The molecule has 1 aromatic rings. The molecule has 0 unspecified atom stereocenters. The molecule has 19 heavy (non-hydrogen) atoms. The van der Waals surface area contributed by atoms with E-state index in [4.69, 9.17) is 23.2 Å². The molecule has 1 aromatic carbocycles. The summed E-state index contributed by atoms with van der Waals surface area (Å²) in [5.74, 6) is 0. The van der Waals surface area contributed by atoms with Crippen molar-refractivity contribution in [3.05, 3.63) is 33.8 Å². The lowest BCUT2D eigenvalue weighted by Crippen LogP contribution is -2.27. The number of hydrogen-bond donors (Lipinski definition) is 1. The number of hydrogen-bond acceptors (Lipinski definition) is 2. The number of nitrogens with one attached hydrogen (secondary N) is 1. The van der Waals surface area contributed by atoms with Crippen molar-refractivity contribution in [1.82, 2.24) is 10.2 Å². The summed E-state index contributed by atoms with van der Waals surface area (Å²) in [5.41, 5.74) is 1.06. The fourth-order valence-corrected chi connectivity index (χ4v) is 2.16. The zero-order valence-electron chi connectivity index (χ0n) is 12.0. The number of nitrogens with zero attached hydrogens (tertiary/aromatic N) is 1. The molecule has 0 heterocycles. The molecule has 0 spiro atoms. The van der Waals surface area contributed by atoms with Crippen LogP contribution >= 0.6 is 23.2 Å². The molecule has 0 amide bonds. The van der Waals surface area contributed by atoms with Gasteiger partial charge in [0.1, 0.15) is 0 Å². The van der Waals surface area contributed by atoms with Crippen LogP contribution in [0.1, 0.15) is 32.3 Å². The SMILES string of the molecule is CC(C)N(C)CCCCNCc1cccc(Cl)c1Cl. The van der Waals surface area contributed by atoms with Gasteiger partial charge in [-0.05, 0) is 58.5 Å². The second kappa shape index (κ2) is 8.80. The molecule has 108 valence electrons. The highest BCUT2D eigenvalue weighted by atomic mass is 35.5. The monoisotopic (exact) mass is 302 g/mol. The molecule has 2 nitrogen and oxygen atoms in total. The van der Waals surface area contributed by atoms with E-state index in [9.17, 15) is 0 Å². The lowest BCUT2D eigenvalue weighted by molar-refractivity contribution is 0.268. The molecule has 0 radical (unpaired) electrons.